The Morgan fingerprint density at radius 1 is 1.23 bits per heavy atom. The first kappa shape index (κ1) is 27.3. The van der Waals surface area contributed by atoms with Gasteiger partial charge in [-0.05, 0) is 43.0 Å². The Labute approximate surface area is 206 Å². The molecule has 10 heteroatoms. The first-order valence-electron chi connectivity index (χ1n) is 11.3. The molecule has 0 radical (unpaired) electrons. The molecule has 0 atom stereocenters. The predicted molar refractivity (Wildman–Crippen MR) is 137 cm³/mol. The molecule has 2 heterocycles. The highest BCUT2D eigenvalue weighted by atomic mass is 16.2. The summed E-state index contributed by atoms with van der Waals surface area (Å²) >= 11 is 0. The SMILES string of the molecule is CC(=O)Nc1ccc(/C(NCc2c[nH]c(C)c2C)=C(/C(=N)N(C=O)CC(C)C)C(=O)N(C)C)cn1. The first-order valence-corrected chi connectivity index (χ1v) is 11.3. The molecule has 35 heavy (non-hydrogen) atoms. The minimum atomic E-state index is -0.430. The van der Waals surface area contributed by atoms with Crippen LogP contribution < -0.4 is 10.6 Å². The van der Waals surface area contributed by atoms with E-state index in [0.29, 0.717) is 30.0 Å². The predicted octanol–water partition coefficient (Wildman–Crippen LogP) is 2.67. The van der Waals surface area contributed by atoms with Gasteiger partial charge in [-0.15, -0.1) is 0 Å². The molecule has 0 spiro atoms. The smallest absolute Gasteiger partial charge is 0.259 e. The monoisotopic (exact) mass is 481 g/mol. The van der Waals surface area contributed by atoms with Gasteiger partial charge in [-0.2, -0.15) is 0 Å². The van der Waals surface area contributed by atoms with Crippen LogP contribution in [0.5, 0.6) is 0 Å². The number of nitrogens with one attached hydrogen (secondary N) is 4. The van der Waals surface area contributed by atoms with Gasteiger partial charge in [0.05, 0.1) is 5.70 Å². The maximum Gasteiger partial charge on any atom is 0.259 e. The number of rotatable bonds is 10. The molecule has 2 aromatic heterocycles. The van der Waals surface area contributed by atoms with Gasteiger partial charge >= 0.3 is 0 Å². The number of amidine groups is 1. The summed E-state index contributed by atoms with van der Waals surface area (Å²) < 4.78 is 0. The number of amides is 3. The number of hydrogen-bond acceptors (Lipinski definition) is 6. The van der Waals surface area contributed by atoms with E-state index in [-0.39, 0.29) is 29.8 Å². The van der Waals surface area contributed by atoms with E-state index in [1.807, 2.05) is 33.9 Å². The van der Waals surface area contributed by atoms with Crippen LogP contribution in [-0.4, -0.2) is 64.5 Å². The van der Waals surface area contributed by atoms with Crippen molar-refractivity contribution in [3.63, 3.8) is 0 Å². The lowest BCUT2D eigenvalue weighted by Crippen LogP contribution is -2.40. The van der Waals surface area contributed by atoms with E-state index < -0.39 is 5.91 Å². The largest absolute Gasteiger partial charge is 0.380 e. The van der Waals surface area contributed by atoms with Crippen LogP contribution in [0.4, 0.5) is 5.82 Å². The molecular formula is C25H35N7O3. The Kier molecular flexibility index (Phi) is 9.33. The third-order valence-corrected chi connectivity index (χ3v) is 5.40. The fourth-order valence-electron chi connectivity index (χ4n) is 3.43. The molecule has 0 aliphatic carbocycles. The summed E-state index contributed by atoms with van der Waals surface area (Å²) in [5.41, 5.74) is 4.07. The van der Waals surface area contributed by atoms with Crippen LogP contribution in [0.1, 0.15) is 43.2 Å². The number of likely N-dealkylation sites (N-methyl/N-ethyl adjacent to an activating group) is 1. The standard InChI is InChI=1S/C25H35N7O3/c1-15(2)13-32(14-33)24(26)22(25(35)31(6)7)23(29-12-20-11-27-17(4)16(20)3)19-8-9-21(28-10-19)30-18(5)34/h8-11,14-15,26-27,29H,12-13H2,1-7H3,(H,28,30,34)/b23-22+,26-24?. The Hall–Kier alpha value is -3.95. The molecule has 0 fully saturated rings. The lowest BCUT2D eigenvalue weighted by molar-refractivity contribution is -0.124. The van der Waals surface area contributed by atoms with Gasteiger partial charge < -0.3 is 20.5 Å². The fraction of sp³-hybridized carbons (Fsp3) is 0.400. The van der Waals surface area contributed by atoms with Crippen molar-refractivity contribution in [2.75, 3.05) is 26.0 Å². The van der Waals surface area contributed by atoms with Crippen molar-refractivity contribution in [1.29, 1.82) is 5.41 Å². The highest BCUT2D eigenvalue weighted by Gasteiger charge is 2.27. The zero-order valence-electron chi connectivity index (χ0n) is 21.4. The molecule has 0 aliphatic rings. The zero-order chi connectivity index (χ0) is 26.3. The molecule has 0 aromatic carbocycles. The summed E-state index contributed by atoms with van der Waals surface area (Å²) in [4.78, 5) is 46.7. The second-order valence-corrected chi connectivity index (χ2v) is 8.98. The van der Waals surface area contributed by atoms with E-state index >= 15 is 0 Å². The van der Waals surface area contributed by atoms with Crippen molar-refractivity contribution in [2.45, 2.75) is 41.2 Å². The minimum Gasteiger partial charge on any atom is -0.380 e. The maximum atomic E-state index is 13.4. The van der Waals surface area contributed by atoms with E-state index in [9.17, 15) is 14.4 Å². The summed E-state index contributed by atoms with van der Waals surface area (Å²) in [7, 11) is 3.19. The highest BCUT2D eigenvalue weighted by molar-refractivity contribution is 6.25. The molecule has 2 aromatic rings. The van der Waals surface area contributed by atoms with Crippen molar-refractivity contribution in [3.8, 4) is 0 Å². The molecule has 0 bridgehead atoms. The van der Waals surface area contributed by atoms with Gasteiger partial charge in [0.2, 0.25) is 12.3 Å². The number of hydrogen-bond donors (Lipinski definition) is 4. The number of aromatic amines is 1. The normalized spacial score (nSPS) is 11.5. The molecule has 2 rings (SSSR count). The van der Waals surface area contributed by atoms with Gasteiger partial charge in [-0.1, -0.05) is 13.8 Å². The van der Waals surface area contributed by atoms with Gasteiger partial charge in [0.15, 0.2) is 0 Å². The van der Waals surface area contributed by atoms with Crippen molar-refractivity contribution in [3.05, 3.63) is 52.5 Å². The zero-order valence-corrected chi connectivity index (χ0v) is 21.4. The maximum absolute atomic E-state index is 13.4. The average molecular weight is 482 g/mol. The second kappa shape index (κ2) is 12.0. The summed E-state index contributed by atoms with van der Waals surface area (Å²) in [6.45, 7) is 9.90. The van der Waals surface area contributed by atoms with Crippen LogP contribution in [0.25, 0.3) is 5.70 Å². The highest BCUT2D eigenvalue weighted by Crippen LogP contribution is 2.22. The Balaban J connectivity index is 2.67. The lowest BCUT2D eigenvalue weighted by Gasteiger charge is -2.26. The molecular weight excluding hydrogens is 446 g/mol. The van der Waals surface area contributed by atoms with Crippen molar-refractivity contribution >= 4 is 35.6 Å². The number of anilines is 1. The average Bonchev–Trinajstić information content (AvgIpc) is 3.11. The summed E-state index contributed by atoms with van der Waals surface area (Å²) in [6, 6.07) is 3.33. The molecule has 3 amide bonds. The summed E-state index contributed by atoms with van der Waals surface area (Å²) in [6.07, 6.45) is 3.98. The topological polar surface area (TPSA) is 134 Å². The molecule has 188 valence electrons. The van der Waals surface area contributed by atoms with E-state index in [1.54, 1.807) is 26.2 Å². The van der Waals surface area contributed by atoms with Crippen LogP contribution in [0, 0.1) is 25.2 Å². The van der Waals surface area contributed by atoms with Crippen molar-refractivity contribution in [1.82, 2.24) is 25.1 Å². The molecule has 10 nitrogen and oxygen atoms in total. The van der Waals surface area contributed by atoms with Crippen LogP contribution >= 0.6 is 0 Å². The van der Waals surface area contributed by atoms with Gasteiger partial charge in [-0.3, -0.25) is 24.7 Å². The summed E-state index contributed by atoms with van der Waals surface area (Å²) in [5, 5.41) is 14.8. The van der Waals surface area contributed by atoms with Gasteiger partial charge in [0.1, 0.15) is 17.2 Å². The number of pyridine rings is 1. The quantitative estimate of drug-likeness (QED) is 0.179. The molecule has 0 aliphatic heterocycles. The number of aromatic nitrogens is 2. The van der Waals surface area contributed by atoms with E-state index in [1.165, 1.54) is 22.9 Å². The van der Waals surface area contributed by atoms with Crippen LogP contribution in [-0.2, 0) is 20.9 Å². The number of H-pyrrole nitrogens is 1. The lowest BCUT2D eigenvalue weighted by atomic mass is 10.0. The number of carbonyl (C=O) groups is 3. The molecule has 0 saturated heterocycles. The van der Waals surface area contributed by atoms with E-state index in [2.05, 4.69) is 20.6 Å². The minimum absolute atomic E-state index is 0.0433. The first-order chi connectivity index (χ1) is 16.5. The second-order valence-electron chi connectivity index (χ2n) is 8.98. The third kappa shape index (κ3) is 7.02. The summed E-state index contributed by atoms with van der Waals surface area (Å²) in [5.74, 6) is -0.429. The van der Waals surface area contributed by atoms with E-state index in [4.69, 9.17) is 5.41 Å². The Morgan fingerprint density at radius 2 is 1.91 bits per heavy atom. The third-order valence-electron chi connectivity index (χ3n) is 5.40. The molecule has 4 N–H and O–H groups in total. The van der Waals surface area contributed by atoms with Crippen molar-refractivity contribution in [2.24, 2.45) is 5.92 Å². The van der Waals surface area contributed by atoms with Crippen LogP contribution in [0.15, 0.2) is 30.1 Å². The molecule has 0 unspecified atom stereocenters. The Bertz CT molecular complexity index is 1110. The fourth-order valence-corrected chi connectivity index (χ4v) is 3.43. The van der Waals surface area contributed by atoms with Crippen molar-refractivity contribution < 1.29 is 14.4 Å². The van der Waals surface area contributed by atoms with Gasteiger partial charge in [0.25, 0.3) is 5.91 Å². The van der Waals surface area contributed by atoms with Gasteiger partial charge in [0, 0.05) is 57.8 Å². The number of nitrogens with zero attached hydrogens (tertiary/aromatic N) is 3. The number of carbonyl (C=O) groups excluding carboxylic acids is 3. The Morgan fingerprint density at radius 3 is 2.37 bits per heavy atom. The van der Waals surface area contributed by atoms with Crippen LogP contribution in [0.2, 0.25) is 0 Å². The van der Waals surface area contributed by atoms with Gasteiger partial charge in [-0.25, -0.2) is 4.98 Å². The molecule has 0 saturated carbocycles. The van der Waals surface area contributed by atoms with E-state index in [0.717, 1.165) is 16.8 Å². The number of aryl methyl sites for hydroxylation is 1. The van der Waals surface area contributed by atoms with Crippen LogP contribution in [0.3, 0.4) is 0 Å².